The molecule has 0 radical (unpaired) electrons. The molecule has 0 aliphatic carbocycles. The number of aromatic nitrogens is 1. The number of hydrogen-bond donors (Lipinski definition) is 1. The second-order valence-electron chi connectivity index (χ2n) is 10.4. The van der Waals surface area contributed by atoms with Gasteiger partial charge in [0.1, 0.15) is 5.82 Å². The van der Waals surface area contributed by atoms with E-state index in [4.69, 9.17) is 4.98 Å². The molecule has 2 aromatic rings. The molecule has 3 aliphatic heterocycles. The maximum absolute atomic E-state index is 12.9. The van der Waals surface area contributed by atoms with Crippen LogP contribution in [0.25, 0.3) is 0 Å². The van der Waals surface area contributed by atoms with Crippen molar-refractivity contribution in [2.45, 2.75) is 57.7 Å². The van der Waals surface area contributed by atoms with E-state index in [0.717, 1.165) is 43.5 Å². The number of anilines is 2. The Morgan fingerprint density at radius 3 is 2.27 bits per heavy atom. The average Bonchev–Trinajstić information content (AvgIpc) is 3.10. The van der Waals surface area contributed by atoms with E-state index >= 15 is 0 Å². The minimum atomic E-state index is -0.0695. The first-order valence-electron chi connectivity index (χ1n) is 12.6. The molecule has 1 aromatic carbocycles. The molecule has 5 rings (SSSR count). The normalized spacial score (nSPS) is 26.3. The second-order valence-corrected chi connectivity index (χ2v) is 10.4. The van der Waals surface area contributed by atoms with Gasteiger partial charge in [0.15, 0.2) is 0 Å². The number of benzene rings is 1. The smallest absolute Gasteiger partial charge is 0.253 e. The number of nitrogens with one attached hydrogen (secondary N) is 1. The third kappa shape index (κ3) is 4.72. The summed E-state index contributed by atoms with van der Waals surface area (Å²) in [6, 6.07) is 13.7. The quantitative estimate of drug-likeness (QED) is 0.748. The molecule has 2 bridgehead atoms. The fourth-order valence-electron chi connectivity index (χ4n) is 5.90. The van der Waals surface area contributed by atoms with E-state index in [2.05, 4.69) is 58.3 Å². The summed E-state index contributed by atoms with van der Waals surface area (Å²) in [5.74, 6) is 1.76. The number of rotatable bonds is 5. The summed E-state index contributed by atoms with van der Waals surface area (Å²) >= 11 is 0. The van der Waals surface area contributed by atoms with Gasteiger partial charge in [0.25, 0.3) is 5.91 Å². The Balaban J connectivity index is 1.19. The molecule has 6 nitrogen and oxygen atoms in total. The van der Waals surface area contributed by atoms with Gasteiger partial charge in [0.2, 0.25) is 0 Å². The Kier molecular flexibility index (Phi) is 6.28. The number of carbonyl (C=O) groups is 1. The Labute approximate surface area is 198 Å². The maximum Gasteiger partial charge on any atom is 0.253 e. The molecule has 33 heavy (non-hydrogen) atoms. The van der Waals surface area contributed by atoms with Crippen LogP contribution in [0.5, 0.6) is 0 Å². The molecule has 0 spiro atoms. The highest BCUT2D eigenvalue weighted by molar-refractivity contribution is 5.94. The molecule has 3 saturated heterocycles. The van der Waals surface area contributed by atoms with E-state index in [1.54, 1.807) is 6.20 Å². The lowest BCUT2D eigenvalue weighted by atomic mass is 9.92. The summed E-state index contributed by atoms with van der Waals surface area (Å²) < 4.78 is 0. The Morgan fingerprint density at radius 2 is 1.67 bits per heavy atom. The van der Waals surface area contributed by atoms with Crippen LogP contribution in [0.3, 0.4) is 0 Å². The lowest BCUT2D eigenvalue weighted by Crippen LogP contribution is -2.44. The summed E-state index contributed by atoms with van der Waals surface area (Å²) in [5.41, 5.74) is 2.99. The van der Waals surface area contributed by atoms with Crippen LogP contribution in [-0.2, 0) is 0 Å². The van der Waals surface area contributed by atoms with Crippen LogP contribution >= 0.6 is 0 Å². The summed E-state index contributed by atoms with van der Waals surface area (Å²) in [4.78, 5) is 24.9. The first-order chi connectivity index (χ1) is 16.0. The lowest BCUT2D eigenvalue weighted by Gasteiger charge is -2.38. The van der Waals surface area contributed by atoms with Crippen LogP contribution in [-0.4, -0.2) is 61.1 Å². The van der Waals surface area contributed by atoms with Gasteiger partial charge in [-0.15, -0.1) is 0 Å². The molecule has 3 aliphatic rings. The number of likely N-dealkylation sites (N-methyl/N-ethyl adjacent to an activating group) is 1. The fourth-order valence-corrected chi connectivity index (χ4v) is 5.90. The highest BCUT2D eigenvalue weighted by atomic mass is 16.1. The van der Waals surface area contributed by atoms with Gasteiger partial charge in [-0.1, -0.05) is 19.1 Å². The lowest BCUT2D eigenvalue weighted by molar-refractivity contribution is 0.0939. The van der Waals surface area contributed by atoms with Crippen LogP contribution in [0.15, 0.2) is 42.6 Å². The third-order valence-electron chi connectivity index (χ3n) is 7.85. The van der Waals surface area contributed by atoms with Crippen LogP contribution in [0.1, 0.15) is 61.5 Å². The molecule has 1 amide bonds. The second kappa shape index (κ2) is 9.34. The number of hydrogen-bond acceptors (Lipinski definition) is 5. The molecule has 6 heteroatoms. The maximum atomic E-state index is 12.9. The minimum Gasteiger partial charge on any atom is -0.369 e. The van der Waals surface area contributed by atoms with Gasteiger partial charge in [0, 0.05) is 50.1 Å². The largest absolute Gasteiger partial charge is 0.369 e. The van der Waals surface area contributed by atoms with Crippen molar-refractivity contribution in [1.29, 1.82) is 0 Å². The molecule has 3 fully saturated rings. The summed E-state index contributed by atoms with van der Waals surface area (Å²) in [5, 5.41) is 3.14. The van der Waals surface area contributed by atoms with Crippen molar-refractivity contribution < 1.29 is 4.79 Å². The highest BCUT2D eigenvalue weighted by Gasteiger charge is 2.39. The predicted octanol–water partition coefficient (Wildman–Crippen LogP) is 4.09. The van der Waals surface area contributed by atoms with Crippen molar-refractivity contribution in [3.63, 3.8) is 0 Å². The number of piperazine rings is 1. The van der Waals surface area contributed by atoms with Gasteiger partial charge in [0.05, 0.1) is 11.6 Å². The molecule has 1 N–H and O–H groups in total. The number of fused-ring (bicyclic) bond motifs is 2. The van der Waals surface area contributed by atoms with Crippen LogP contribution in [0.2, 0.25) is 0 Å². The average molecular weight is 448 g/mol. The highest BCUT2D eigenvalue weighted by Crippen LogP contribution is 2.40. The molecular formula is C27H37N5O. The van der Waals surface area contributed by atoms with E-state index in [9.17, 15) is 4.79 Å². The summed E-state index contributed by atoms with van der Waals surface area (Å²) in [6.45, 7) is 8.71. The topological polar surface area (TPSA) is 51.7 Å². The number of nitrogens with zero attached hydrogens (tertiary/aromatic N) is 4. The Bertz CT molecular complexity index is 937. The summed E-state index contributed by atoms with van der Waals surface area (Å²) in [6.07, 6.45) is 6.79. The SMILES string of the molecule is CC1CC2CCC(C1)N2c1ccc(C(=O)N[C@@H](C)c2ccc(N3CCN(C)CC3)cc2)cn1. The van der Waals surface area contributed by atoms with E-state index in [1.807, 2.05) is 19.1 Å². The van der Waals surface area contributed by atoms with E-state index in [-0.39, 0.29) is 11.9 Å². The Hall–Kier alpha value is -2.60. The van der Waals surface area contributed by atoms with Crippen molar-refractivity contribution in [3.05, 3.63) is 53.7 Å². The van der Waals surface area contributed by atoms with Crippen molar-refractivity contribution in [3.8, 4) is 0 Å². The van der Waals surface area contributed by atoms with Crippen LogP contribution in [0.4, 0.5) is 11.5 Å². The van der Waals surface area contributed by atoms with Crippen molar-refractivity contribution in [2.24, 2.45) is 5.92 Å². The van der Waals surface area contributed by atoms with E-state index < -0.39 is 0 Å². The van der Waals surface area contributed by atoms with Gasteiger partial charge in [-0.3, -0.25) is 4.79 Å². The zero-order valence-corrected chi connectivity index (χ0v) is 20.2. The van der Waals surface area contributed by atoms with Crippen molar-refractivity contribution in [2.75, 3.05) is 43.0 Å². The molecule has 0 saturated carbocycles. The van der Waals surface area contributed by atoms with Crippen LogP contribution < -0.4 is 15.1 Å². The van der Waals surface area contributed by atoms with Crippen molar-refractivity contribution >= 4 is 17.4 Å². The molecule has 1 aromatic heterocycles. The fraction of sp³-hybridized carbons (Fsp3) is 0.556. The van der Waals surface area contributed by atoms with Gasteiger partial charge >= 0.3 is 0 Å². The number of piperidine rings is 1. The Morgan fingerprint density at radius 1 is 1.00 bits per heavy atom. The standard InChI is InChI=1S/C27H37N5O/c1-19-16-24-9-10-25(17-19)32(24)26-11-6-22(18-28-26)27(33)29-20(2)21-4-7-23(8-5-21)31-14-12-30(3)13-15-31/h4-8,11,18-20,24-25H,9-10,12-17H2,1-3H3,(H,29,33)/t19?,20-,24?,25?/m0/s1. The number of carbonyl (C=O) groups excluding carboxylic acids is 1. The van der Waals surface area contributed by atoms with Gasteiger partial charge in [-0.2, -0.15) is 0 Å². The van der Waals surface area contributed by atoms with Gasteiger partial charge < -0.3 is 20.0 Å². The molecule has 176 valence electrons. The zero-order valence-electron chi connectivity index (χ0n) is 20.2. The first-order valence-corrected chi connectivity index (χ1v) is 12.6. The number of amides is 1. The molecule has 3 atom stereocenters. The van der Waals surface area contributed by atoms with E-state index in [0.29, 0.717) is 17.6 Å². The molecule has 2 unspecified atom stereocenters. The first kappa shape index (κ1) is 22.2. The predicted molar refractivity (Wildman–Crippen MR) is 134 cm³/mol. The summed E-state index contributed by atoms with van der Waals surface area (Å²) in [7, 11) is 2.17. The van der Waals surface area contributed by atoms with Crippen LogP contribution in [0, 0.1) is 5.92 Å². The zero-order chi connectivity index (χ0) is 22.9. The minimum absolute atomic E-state index is 0.0573. The van der Waals surface area contributed by atoms with Gasteiger partial charge in [-0.25, -0.2) is 4.98 Å². The third-order valence-corrected chi connectivity index (χ3v) is 7.85. The monoisotopic (exact) mass is 447 g/mol. The van der Waals surface area contributed by atoms with Gasteiger partial charge in [-0.05, 0) is 75.4 Å². The molecular weight excluding hydrogens is 410 g/mol. The van der Waals surface area contributed by atoms with E-state index in [1.165, 1.54) is 31.4 Å². The molecule has 4 heterocycles. The van der Waals surface area contributed by atoms with Crippen molar-refractivity contribution in [1.82, 2.24) is 15.2 Å². The number of pyridine rings is 1.